The van der Waals surface area contributed by atoms with Gasteiger partial charge in [0.2, 0.25) is 5.91 Å². The molecule has 0 N–H and O–H groups in total. The summed E-state index contributed by atoms with van der Waals surface area (Å²) in [5.74, 6) is 0.766. The van der Waals surface area contributed by atoms with Crippen LogP contribution in [0.1, 0.15) is 17.3 Å². The zero-order chi connectivity index (χ0) is 21.5. The molecule has 9 heteroatoms. The maximum Gasteiger partial charge on any atom is 0.260 e. The molecule has 0 saturated carbocycles. The molecule has 164 valence electrons. The van der Waals surface area contributed by atoms with E-state index in [4.69, 9.17) is 14.2 Å². The molecular formula is C21H29N3O6. The van der Waals surface area contributed by atoms with Crippen LogP contribution >= 0.6 is 0 Å². The Labute approximate surface area is 176 Å². The molecule has 0 radical (unpaired) electrons. The number of hydrogen-bond acceptors (Lipinski definition) is 7. The van der Waals surface area contributed by atoms with Crippen molar-refractivity contribution in [2.45, 2.75) is 6.92 Å². The molecule has 2 fully saturated rings. The average Bonchev–Trinajstić information content (AvgIpc) is 2.78. The lowest BCUT2D eigenvalue weighted by atomic mass is 10.1. The van der Waals surface area contributed by atoms with Crippen LogP contribution in [0.2, 0.25) is 0 Å². The highest BCUT2D eigenvalue weighted by Crippen LogP contribution is 2.28. The molecule has 0 atom stereocenters. The molecule has 1 aromatic carbocycles. The summed E-state index contributed by atoms with van der Waals surface area (Å²) in [6, 6.07) is 4.89. The van der Waals surface area contributed by atoms with Crippen LogP contribution in [0.25, 0.3) is 0 Å². The van der Waals surface area contributed by atoms with Gasteiger partial charge >= 0.3 is 0 Å². The summed E-state index contributed by atoms with van der Waals surface area (Å²) in [6.07, 6.45) is 0. The number of carbonyl (C=O) groups is 3. The summed E-state index contributed by atoms with van der Waals surface area (Å²) >= 11 is 0. The number of ketones is 1. The van der Waals surface area contributed by atoms with Gasteiger partial charge in [-0.05, 0) is 25.1 Å². The van der Waals surface area contributed by atoms with E-state index in [0.29, 0.717) is 76.1 Å². The lowest BCUT2D eigenvalue weighted by Gasteiger charge is -2.36. The fraction of sp³-hybridized carbons (Fsp3) is 0.571. The summed E-state index contributed by atoms with van der Waals surface area (Å²) < 4.78 is 16.2. The first-order valence-corrected chi connectivity index (χ1v) is 10.2. The monoisotopic (exact) mass is 419 g/mol. The minimum absolute atomic E-state index is 0.0686. The van der Waals surface area contributed by atoms with Gasteiger partial charge in [-0.3, -0.25) is 19.3 Å². The number of amides is 2. The summed E-state index contributed by atoms with van der Waals surface area (Å²) in [5, 5.41) is 0. The van der Waals surface area contributed by atoms with Gasteiger partial charge in [-0.25, -0.2) is 0 Å². The number of methoxy groups -OCH3 is 1. The van der Waals surface area contributed by atoms with Crippen molar-refractivity contribution in [2.75, 3.05) is 72.7 Å². The van der Waals surface area contributed by atoms with E-state index in [0.717, 1.165) is 0 Å². The zero-order valence-corrected chi connectivity index (χ0v) is 17.6. The van der Waals surface area contributed by atoms with Gasteiger partial charge in [0.15, 0.2) is 23.9 Å². The van der Waals surface area contributed by atoms with Crippen molar-refractivity contribution in [1.82, 2.24) is 14.7 Å². The van der Waals surface area contributed by atoms with Crippen LogP contribution in [-0.4, -0.2) is 105 Å². The second kappa shape index (κ2) is 10.4. The van der Waals surface area contributed by atoms with E-state index >= 15 is 0 Å². The highest BCUT2D eigenvalue weighted by molar-refractivity contribution is 5.94. The second-order valence-electron chi connectivity index (χ2n) is 7.36. The molecule has 2 saturated heterocycles. The summed E-state index contributed by atoms with van der Waals surface area (Å²) in [6.45, 7) is 6.63. The minimum Gasteiger partial charge on any atom is -0.493 e. The van der Waals surface area contributed by atoms with Crippen molar-refractivity contribution < 1.29 is 28.6 Å². The molecule has 2 heterocycles. The number of carbonyl (C=O) groups excluding carboxylic acids is 3. The fourth-order valence-corrected chi connectivity index (χ4v) is 3.50. The highest BCUT2D eigenvalue weighted by Gasteiger charge is 2.25. The first-order chi connectivity index (χ1) is 14.5. The lowest BCUT2D eigenvalue weighted by Crippen LogP contribution is -2.53. The first kappa shape index (κ1) is 22.0. The third-order valence-corrected chi connectivity index (χ3v) is 5.37. The minimum atomic E-state index is -0.119. The van der Waals surface area contributed by atoms with E-state index in [1.54, 1.807) is 23.1 Å². The Morgan fingerprint density at radius 1 is 0.933 bits per heavy atom. The Balaban J connectivity index is 1.44. The lowest BCUT2D eigenvalue weighted by molar-refractivity contribution is -0.138. The molecule has 2 amide bonds. The molecule has 30 heavy (non-hydrogen) atoms. The molecule has 0 aromatic heterocycles. The maximum absolute atomic E-state index is 12.5. The predicted molar refractivity (Wildman–Crippen MR) is 109 cm³/mol. The van der Waals surface area contributed by atoms with E-state index in [1.807, 2.05) is 4.90 Å². The van der Waals surface area contributed by atoms with Gasteiger partial charge in [-0.2, -0.15) is 0 Å². The molecule has 2 aliphatic heterocycles. The van der Waals surface area contributed by atoms with Crippen molar-refractivity contribution in [3.8, 4) is 11.5 Å². The largest absolute Gasteiger partial charge is 0.493 e. The van der Waals surface area contributed by atoms with Crippen LogP contribution < -0.4 is 9.47 Å². The molecule has 3 rings (SSSR count). The number of morpholine rings is 1. The van der Waals surface area contributed by atoms with Gasteiger partial charge in [0.1, 0.15) is 0 Å². The van der Waals surface area contributed by atoms with Crippen molar-refractivity contribution in [3.63, 3.8) is 0 Å². The number of ether oxygens (including phenoxy) is 3. The van der Waals surface area contributed by atoms with Gasteiger partial charge < -0.3 is 24.0 Å². The molecular weight excluding hydrogens is 390 g/mol. The normalized spacial score (nSPS) is 17.5. The van der Waals surface area contributed by atoms with E-state index in [9.17, 15) is 14.4 Å². The van der Waals surface area contributed by atoms with Crippen molar-refractivity contribution >= 4 is 17.6 Å². The number of Topliss-reactive ketones (excluding diaryl/α,β-unsaturated/α-hetero) is 1. The molecule has 2 aliphatic rings. The maximum atomic E-state index is 12.5. The van der Waals surface area contributed by atoms with Gasteiger partial charge in [0, 0.05) is 44.8 Å². The van der Waals surface area contributed by atoms with E-state index in [-0.39, 0.29) is 24.2 Å². The van der Waals surface area contributed by atoms with E-state index < -0.39 is 0 Å². The fourth-order valence-electron chi connectivity index (χ4n) is 3.50. The molecule has 0 aliphatic carbocycles. The highest BCUT2D eigenvalue weighted by atomic mass is 16.5. The third kappa shape index (κ3) is 5.70. The van der Waals surface area contributed by atoms with Crippen LogP contribution in [0.5, 0.6) is 11.5 Å². The summed E-state index contributed by atoms with van der Waals surface area (Å²) in [7, 11) is 1.49. The van der Waals surface area contributed by atoms with Crippen molar-refractivity contribution in [2.24, 2.45) is 0 Å². The molecule has 9 nitrogen and oxygen atoms in total. The average molecular weight is 419 g/mol. The smallest absolute Gasteiger partial charge is 0.260 e. The second-order valence-corrected chi connectivity index (χ2v) is 7.36. The number of nitrogens with zero attached hydrogens (tertiary/aromatic N) is 3. The number of piperazine rings is 1. The quantitative estimate of drug-likeness (QED) is 0.587. The van der Waals surface area contributed by atoms with Gasteiger partial charge in [0.05, 0.1) is 26.9 Å². The Morgan fingerprint density at radius 2 is 1.60 bits per heavy atom. The molecule has 1 aromatic rings. The van der Waals surface area contributed by atoms with Crippen LogP contribution in [0.4, 0.5) is 0 Å². The Morgan fingerprint density at radius 3 is 2.23 bits per heavy atom. The van der Waals surface area contributed by atoms with Crippen LogP contribution in [-0.2, 0) is 14.3 Å². The van der Waals surface area contributed by atoms with Gasteiger partial charge in [0.25, 0.3) is 5.91 Å². The molecule has 0 unspecified atom stereocenters. The van der Waals surface area contributed by atoms with Crippen molar-refractivity contribution in [3.05, 3.63) is 23.8 Å². The molecule has 0 spiro atoms. The van der Waals surface area contributed by atoms with E-state index in [1.165, 1.54) is 14.0 Å². The van der Waals surface area contributed by atoms with Crippen LogP contribution in [0.15, 0.2) is 18.2 Å². The number of benzene rings is 1. The Bertz CT molecular complexity index is 770. The summed E-state index contributed by atoms with van der Waals surface area (Å²) in [5.41, 5.74) is 0.522. The topological polar surface area (TPSA) is 88.6 Å². The van der Waals surface area contributed by atoms with Crippen LogP contribution in [0, 0.1) is 0 Å². The predicted octanol–water partition coefficient (Wildman–Crippen LogP) is 0.280. The van der Waals surface area contributed by atoms with Gasteiger partial charge in [-0.15, -0.1) is 0 Å². The standard InChI is InChI=1S/C21H29N3O6/c1-16(25)17-3-4-18(19(13-17)28-2)30-15-21(27)23-7-5-22(6-8-23)14-20(26)24-9-11-29-12-10-24/h3-4,13H,5-12,14-15H2,1-2H3. The van der Waals surface area contributed by atoms with E-state index in [2.05, 4.69) is 4.90 Å². The third-order valence-electron chi connectivity index (χ3n) is 5.37. The SMILES string of the molecule is COc1cc(C(C)=O)ccc1OCC(=O)N1CCN(CC(=O)N2CCOCC2)CC1. The summed E-state index contributed by atoms with van der Waals surface area (Å²) in [4.78, 5) is 42.0. The number of hydrogen-bond donors (Lipinski definition) is 0. The number of rotatable bonds is 7. The zero-order valence-electron chi connectivity index (χ0n) is 17.6. The Kier molecular flexibility index (Phi) is 7.64. The Hall–Kier alpha value is -2.65. The van der Waals surface area contributed by atoms with Crippen LogP contribution in [0.3, 0.4) is 0 Å². The molecule has 0 bridgehead atoms. The van der Waals surface area contributed by atoms with Gasteiger partial charge in [-0.1, -0.05) is 0 Å². The first-order valence-electron chi connectivity index (χ1n) is 10.2. The van der Waals surface area contributed by atoms with Crippen molar-refractivity contribution in [1.29, 1.82) is 0 Å².